The van der Waals surface area contributed by atoms with Crippen LogP contribution in [0.25, 0.3) is 0 Å². The van der Waals surface area contributed by atoms with E-state index in [9.17, 15) is 0 Å². The average molecular weight is 282 g/mol. The van der Waals surface area contributed by atoms with E-state index in [0.29, 0.717) is 30.6 Å². The fourth-order valence-corrected chi connectivity index (χ4v) is 1.84. The number of fused-ring (bicyclic) bond motifs is 1. The van der Waals surface area contributed by atoms with E-state index in [2.05, 4.69) is 4.74 Å². The average Bonchev–Trinajstić information content (AvgIpc) is 2.99. The van der Waals surface area contributed by atoms with Crippen molar-refractivity contribution in [1.82, 2.24) is 0 Å². The standard InChI is InChI=1S/C10H12O4.C4H6O2/c1-6-4-7(11-2)9(12-3)10-8(6)13-5-14-10;1-2-5-4-6-3-1/h4H,5H2,1-3H3;1-2H,3-4H2. The van der Waals surface area contributed by atoms with Gasteiger partial charge in [0.25, 0.3) is 0 Å². The number of hydrogen-bond donors (Lipinski definition) is 0. The van der Waals surface area contributed by atoms with Crippen LogP contribution in [-0.4, -0.2) is 34.4 Å². The molecule has 0 amide bonds. The Kier molecular flexibility index (Phi) is 4.95. The van der Waals surface area contributed by atoms with Gasteiger partial charge in [0.05, 0.1) is 27.1 Å². The first-order valence-corrected chi connectivity index (χ1v) is 6.13. The van der Waals surface area contributed by atoms with E-state index in [-0.39, 0.29) is 6.79 Å². The van der Waals surface area contributed by atoms with Crippen LogP contribution in [0.2, 0.25) is 0 Å². The highest BCUT2D eigenvalue weighted by molar-refractivity contribution is 5.63. The number of benzene rings is 1. The highest BCUT2D eigenvalue weighted by atomic mass is 16.7. The molecule has 2 aliphatic heterocycles. The summed E-state index contributed by atoms with van der Waals surface area (Å²) in [6, 6.07) is 1.87. The fraction of sp³-hybridized carbons (Fsp3) is 0.429. The Labute approximate surface area is 117 Å². The smallest absolute Gasteiger partial charge is 0.231 e. The molecule has 1 aromatic carbocycles. The molecule has 3 rings (SSSR count). The fourth-order valence-electron chi connectivity index (χ4n) is 1.84. The van der Waals surface area contributed by atoms with Crippen molar-refractivity contribution in [2.75, 3.05) is 34.4 Å². The van der Waals surface area contributed by atoms with Crippen LogP contribution in [0.1, 0.15) is 5.56 Å². The Morgan fingerprint density at radius 2 is 1.85 bits per heavy atom. The lowest BCUT2D eigenvalue weighted by Crippen LogP contribution is -1.99. The van der Waals surface area contributed by atoms with Gasteiger partial charge in [-0.25, -0.2) is 0 Å². The Morgan fingerprint density at radius 3 is 2.35 bits per heavy atom. The van der Waals surface area contributed by atoms with E-state index in [1.807, 2.05) is 19.1 Å². The highest BCUT2D eigenvalue weighted by Crippen LogP contribution is 2.48. The second kappa shape index (κ2) is 6.91. The molecule has 2 heterocycles. The molecule has 20 heavy (non-hydrogen) atoms. The molecule has 0 N–H and O–H groups in total. The minimum Gasteiger partial charge on any atom is -0.493 e. The molecular formula is C14H18O6. The van der Waals surface area contributed by atoms with Crippen LogP contribution in [0.15, 0.2) is 18.4 Å². The molecule has 0 aromatic heterocycles. The first kappa shape index (κ1) is 14.3. The van der Waals surface area contributed by atoms with Crippen LogP contribution < -0.4 is 18.9 Å². The lowest BCUT2D eigenvalue weighted by Gasteiger charge is -2.11. The van der Waals surface area contributed by atoms with Crippen LogP contribution in [0.4, 0.5) is 0 Å². The van der Waals surface area contributed by atoms with Gasteiger partial charge in [0, 0.05) is 0 Å². The van der Waals surface area contributed by atoms with Gasteiger partial charge >= 0.3 is 0 Å². The molecule has 0 unspecified atom stereocenters. The summed E-state index contributed by atoms with van der Waals surface area (Å²) < 4.78 is 30.4. The maximum Gasteiger partial charge on any atom is 0.231 e. The summed E-state index contributed by atoms with van der Waals surface area (Å²) in [6.45, 7) is 3.28. The van der Waals surface area contributed by atoms with Gasteiger partial charge in [0.1, 0.15) is 0 Å². The maximum atomic E-state index is 5.32. The second-order valence-corrected chi connectivity index (χ2v) is 4.02. The molecule has 0 radical (unpaired) electrons. The second-order valence-electron chi connectivity index (χ2n) is 4.02. The Hall–Kier alpha value is -2.08. The summed E-state index contributed by atoms with van der Waals surface area (Å²) in [5.74, 6) is 2.62. The van der Waals surface area contributed by atoms with E-state index < -0.39 is 0 Å². The van der Waals surface area contributed by atoms with Crippen molar-refractivity contribution in [2.24, 2.45) is 0 Å². The van der Waals surface area contributed by atoms with Crippen LogP contribution in [0, 0.1) is 6.92 Å². The third-order valence-corrected chi connectivity index (χ3v) is 2.73. The molecule has 0 saturated heterocycles. The first-order valence-electron chi connectivity index (χ1n) is 6.13. The van der Waals surface area contributed by atoms with Crippen molar-refractivity contribution in [1.29, 1.82) is 0 Å². The zero-order valence-corrected chi connectivity index (χ0v) is 11.8. The molecule has 0 spiro atoms. The summed E-state index contributed by atoms with van der Waals surface area (Å²) in [6.07, 6.45) is 3.47. The van der Waals surface area contributed by atoms with E-state index in [1.165, 1.54) is 0 Å². The zero-order valence-electron chi connectivity index (χ0n) is 11.8. The predicted octanol–water partition coefficient (Wildman–Crippen LogP) is 2.25. The molecular weight excluding hydrogens is 264 g/mol. The van der Waals surface area contributed by atoms with Crippen LogP contribution >= 0.6 is 0 Å². The molecule has 110 valence electrons. The largest absolute Gasteiger partial charge is 0.493 e. The van der Waals surface area contributed by atoms with Gasteiger partial charge in [-0.15, -0.1) is 0 Å². The Balaban J connectivity index is 0.000000205. The zero-order chi connectivity index (χ0) is 14.4. The minimum atomic E-state index is 0.236. The molecule has 2 aliphatic rings. The lowest BCUT2D eigenvalue weighted by molar-refractivity contribution is -0.0147. The third kappa shape index (κ3) is 3.08. The quantitative estimate of drug-likeness (QED) is 0.829. The van der Waals surface area contributed by atoms with Crippen molar-refractivity contribution in [3.8, 4) is 23.0 Å². The molecule has 0 aliphatic carbocycles. The Morgan fingerprint density at radius 1 is 1.05 bits per heavy atom. The summed E-state index contributed by atoms with van der Waals surface area (Å²) in [4.78, 5) is 0. The first-order chi connectivity index (χ1) is 9.77. The van der Waals surface area contributed by atoms with Gasteiger partial charge in [-0.05, 0) is 24.6 Å². The predicted molar refractivity (Wildman–Crippen MR) is 71.5 cm³/mol. The van der Waals surface area contributed by atoms with Gasteiger partial charge in [-0.2, -0.15) is 0 Å². The maximum absolute atomic E-state index is 5.32. The number of rotatable bonds is 2. The van der Waals surface area contributed by atoms with Crippen molar-refractivity contribution in [3.63, 3.8) is 0 Å². The van der Waals surface area contributed by atoms with Crippen LogP contribution in [-0.2, 0) is 9.47 Å². The van der Waals surface area contributed by atoms with E-state index >= 15 is 0 Å². The monoisotopic (exact) mass is 282 g/mol. The third-order valence-electron chi connectivity index (χ3n) is 2.73. The van der Waals surface area contributed by atoms with Crippen molar-refractivity contribution in [2.45, 2.75) is 6.92 Å². The number of hydrogen-bond acceptors (Lipinski definition) is 6. The van der Waals surface area contributed by atoms with Crippen molar-refractivity contribution < 1.29 is 28.4 Å². The molecule has 0 fully saturated rings. The summed E-state index contributed by atoms with van der Waals surface area (Å²) >= 11 is 0. The molecule has 0 saturated carbocycles. The van der Waals surface area contributed by atoms with Gasteiger partial charge < -0.3 is 28.4 Å². The minimum absolute atomic E-state index is 0.236. The molecule has 0 atom stereocenters. The lowest BCUT2D eigenvalue weighted by atomic mass is 10.2. The number of aryl methyl sites for hydroxylation is 1. The van der Waals surface area contributed by atoms with Crippen LogP contribution in [0.5, 0.6) is 23.0 Å². The molecule has 6 nitrogen and oxygen atoms in total. The van der Waals surface area contributed by atoms with E-state index in [4.69, 9.17) is 23.7 Å². The Bertz CT molecular complexity index is 475. The van der Waals surface area contributed by atoms with Crippen molar-refractivity contribution in [3.05, 3.63) is 24.0 Å². The summed E-state index contributed by atoms with van der Waals surface area (Å²) in [5, 5.41) is 0. The topological polar surface area (TPSA) is 55.4 Å². The van der Waals surface area contributed by atoms with E-state index in [1.54, 1.807) is 20.5 Å². The summed E-state index contributed by atoms with van der Waals surface area (Å²) in [5.41, 5.74) is 0.982. The van der Waals surface area contributed by atoms with Gasteiger partial charge in [0.2, 0.25) is 18.3 Å². The van der Waals surface area contributed by atoms with Crippen LogP contribution in [0.3, 0.4) is 0 Å². The molecule has 0 bridgehead atoms. The molecule has 1 aromatic rings. The number of ether oxygens (including phenoxy) is 6. The van der Waals surface area contributed by atoms with Gasteiger partial charge in [0.15, 0.2) is 18.3 Å². The summed E-state index contributed by atoms with van der Waals surface area (Å²) in [7, 11) is 3.18. The van der Waals surface area contributed by atoms with Crippen molar-refractivity contribution >= 4 is 0 Å². The normalized spacial score (nSPS) is 14.9. The van der Waals surface area contributed by atoms with Gasteiger partial charge in [-0.3, -0.25) is 0 Å². The van der Waals surface area contributed by atoms with E-state index in [0.717, 1.165) is 11.3 Å². The highest BCUT2D eigenvalue weighted by Gasteiger charge is 2.24. The SMILES string of the molecule is C1=COCOC1.COc1cc(C)c2c(c1OC)OCO2. The number of methoxy groups -OCH3 is 2. The van der Waals surface area contributed by atoms with Gasteiger partial charge in [-0.1, -0.05) is 0 Å². The molecule has 6 heteroatoms.